The largest absolute Gasteiger partial charge is 0.468 e. The summed E-state index contributed by atoms with van der Waals surface area (Å²) in [6.45, 7) is 3.82. The van der Waals surface area contributed by atoms with Crippen molar-refractivity contribution < 1.29 is 14.3 Å². The van der Waals surface area contributed by atoms with Crippen LogP contribution in [0.3, 0.4) is 0 Å². The zero-order valence-corrected chi connectivity index (χ0v) is 12.9. The number of carbonyl (C=O) groups excluding carboxylic acids is 1. The van der Waals surface area contributed by atoms with Gasteiger partial charge >= 0.3 is 5.97 Å². The van der Waals surface area contributed by atoms with E-state index in [2.05, 4.69) is 0 Å². The Labute approximate surface area is 126 Å². The average molecular weight is 291 g/mol. The van der Waals surface area contributed by atoms with Gasteiger partial charge in [-0.25, -0.2) is 0 Å². The molecule has 0 radical (unpaired) electrons. The number of ether oxygens (including phenoxy) is 2. The normalized spacial score (nSPS) is 19.0. The highest BCUT2D eigenvalue weighted by Gasteiger charge is 2.42. The van der Waals surface area contributed by atoms with Gasteiger partial charge in [0.25, 0.3) is 0 Å². The first kappa shape index (κ1) is 16.0. The minimum Gasteiger partial charge on any atom is -0.468 e. The predicted octanol–water partition coefficient (Wildman–Crippen LogP) is 2.18. The first-order valence-corrected chi connectivity index (χ1v) is 7.56. The second-order valence-corrected chi connectivity index (χ2v) is 5.90. The molecule has 1 aliphatic heterocycles. The third-order valence-corrected chi connectivity index (χ3v) is 4.51. The highest BCUT2D eigenvalue weighted by Crippen LogP contribution is 2.35. The lowest BCUT2D eigenvalue weighted by Gasteiger charge is -2.35. The highest BCUT2D eigenvalue weighted by atomic mass is 16.5. The van der Waals surface area contributed by atoms with Crippen molar-refractivity contribution >= 4 is 5.97 Å². The summed E-state index contributed by atoms with van der Waals surface area (Å²) in [6, 6.07) is 8.04. The van der Waals surface area contributed by atoms with Gasteiger partial charge < -0.3 is 15.2 Å². The van der Waals surface area contributed by atoms with Gasteiger partial charge in [0, 0.05) is 19.8 Å². The van der Waals surface area contributed by atoms with E-state index >= 15 is 0 Å². The molecule has 2 N–H and O–H groups in total. The Balaban J connectivity index is 2.32. The molecule has 1 heterocycles. The summed E-state index contributed by atoms with van der Waals surface area (Å²) in [6.07, 6.45) is 2.68. The first-order valence-electron chi connectivity index (χ1n) is 7.56. The van der Waals surface area contributed by atoms with Crippen LogP contribution in [0.4, 0.5) is 0 Å². The second kappa shape index (κ2) is 7.05. The van der Waals surface area contributed by atoms with Gasteiger partial charge in [0.1, 0.15) is 5.41 Å². The Morgan fingerprint density at radius 3 is 2.48 bits per heavy atom. The van der Waals surface area contributed by atoms with Crippen LogP contribution in [0.5, 0.6) is 0 Å². The average Bonchev–Trinajstić information content (AvgIpc) is 2.54. The molecule has 0 spiro atoms. The zero-order valence-electron chi connectivity index (χ0n) is 12.9. The van der Waals surface area contributed by atoms with E-state index in [0.29, 0.717) is 5.92 Å². The topological polar surface area (TPSA) is 61.5 Å². The van der Waals surface area contributed by atoms with Gasteiger partial charge in [-0.05, 0) is 37.7 Å². The zero-order chi connectivity index (χ0) is 15.3. The molecule has 1 aliphatic rings. The second-order valence-electron chi connectivity index (χ2n) is 5.90. The van der Waals surface area contributed by atoms with Crippen molar-refractivity contribution in [1.82, 2.24) is 0 Å². The van der Waals surface area contributed by atoms with Gasteiger partial charge in [0.05, 0.1) is 7.11 Å². The molecule has 4 nitrogen and oxygen atoms in total. The van der Waals surface area contributed by atoms with Gasteiger partial charge in [0.15, 0.2) is 0 Å². The fourth-order valence-corrected chi connectivity index (χ4v) is 3.11. The maximum absolute atomic E-state index is 12.5. The van der Waals surface area contributed by atoms with Crippen molar-refractivity contribution in [3.8, 4) is 0 Å². The molecule has 2 rings (SSSR count). The van der Waals surface area contributed by atoms with Crippen LogP contribution in [-0.2, 0) is 19.7 Å². The Bertz CT molecular complexity index is 465. The molecule has 0 aromatic heterocycles. The van der Waals surface area contributed by atoms with E-state index in [-0.39, 0.29) is 12.5 Å². The van der Waals surface area contributed by atoms with Crippen LogP contribution in [0.2, 0.25) is 0 Å². The summed E-state index contributed by atoms with van der Waals surface area (Å²) in [7, 11) is 1.44. The molecule has 1 atom stereocenters. The quantitative estimate of drug-likeness (QED) is 0.845. The highest BCUT2D eigenvalue weighted by molar-refractivity contribution is 5.83. The number of hydrogen-bond acceptors (Lipinski definition) is 4. The molecule has 4 heteroatoms. The number of methoxy groups -OCH3 is 1. The van der Waals surface area contributed by atoms with Gasteiger partial charge in [-0.3, -0.25) is 4.79 Å². The van der Waals surface area contributed by atoms with Crippen molar-refractivity contribution in [3.05, 3.63) is 35.4 Å². The van der Waals surface area contributed by atoms with Crippen LogP contribution in [0, 0.1) is 12.8 Å². The summed E-state index contributed by atoms with van der Waals surface area (Å²) < 4.78 is 10.5. The van der Waals surface area contributed by atoms with Crippen LogP contribution < -0.4 is 5.73 Å². The van der Waals surface area contributed by atoms with Crippen LogP contribution in [0.25, 0.3) is 0 Å². The third kappa shape index (κ3) is 3.44. The standard InChI is InChI=1S/C17H25NO3/c1-13-3-5-15(6-4-13)17(12-18,16(19)20-2)11-14-7-9-21-10-8-14/h3-6,14H,7-12,18H2,1-2H3. The fraction of sp³-hybridized carbons (Fsp3) is 0.588. The Morgan fingerprint density at radius 1 is 1.33 bits per heavy atom. The van der Waals surface area contributed by atoms with Crippen LogP contribution in [0.1, 0.15) is 30.4 Å². The molecule has 0 saturated carbocycles. The minimum atomic E-state index is -0.746. The molecule has 0 amide bonds. The van der Waals surface area contributed by atoms with E-state index in [0.717, 1.165) is 38.0 Å². The molecule has 1 unspecified atom stereocenters. The molecular formula is C17H25NO3. The molecule has 116 valence electrons. The molecule has 1 saturated heterocycles. The molecular weight excluding hydrogens is 266 g/mol. The summed E-state index contributed by atoms with van der Waals surface area (Å²) in [4.78, 5) is 12.5. The SMILES string of the molecule is COC(=O)C(CN)(CC1CCOCC1)c1ccc(C)cc1. The monoisotopic (exact) mass is 291 g/mol. The van der Waals surface area contributed by atoms with Crippen molar-refractivity contribution in [2.75, 3.05) is 26.9 Å². The number of hydrogen-bond donors (Lipinski definition) is 1. The summed E-state index contributed by atoms with van der Waals surface area (Å²) in [5.74, 6) is 0.211. The summed E-state index contributed by atoms with van der Waals surface area (Å²) in [5, 5.41) is 0. The number of esters is 1. The molecule has 1 aromatic carbocycles. The van der Waals surface area contributed by atoms with Gasteiger partial charge in [-0.1, -0.05) is 29.8 Å². The van der Waals surface area contributed by atoms with E-state index in [1.54, 1.807) is 0 Å². The maximum atomic E-state index is 12.5. The van der Waals surface area contributed by atoms with E-state index in [1.165, 1.54) is 12.7 Å². The van der Waals surface area contributed by atoms with Crippen molar-refractivity contribution in [1.29, 1.82) is 0 Å². The van der Waals surface area contributed by atoms with E-state index < -0.39 is 5.41 Å². The van der Waals surface area contributed by atoms with E-state index in [4.69, 9.17) is 15.2 Å². The third-order valence-electron chi connectivity index (χ3n) is 4.51. The predicted molar refractivity (Wildman–Crippen MR) is 82.1 cm³/mol. The maximum Gasteiger partial charge on any atom is 0.317 e. The number of carbonyl (C=O) groups is 1. The molecule has 0 bridgehead atoms. The smallest absolute Gasteiger partial charge is 0.317 e. The molecule has 1 aromatic rings. The van der Waals surface area contributed by atoms with E-state index in [1.807, 2.05) is 31.2 Å². The lowest BCUT2D eigenvalue weighted by molar-refractivity contribution is -0.148. The summed E-state index contributed by atoms with van der Waals surface area (Å²) in [5.41, 5.74) is 7.41. The van der Waals surface area contributed by atoms with Gasteiger partial charge in [0.2, 0.25) is 0 Å². The fourth-order valence-electron chi connectivity index (χ4n) is 3.11. The number of benzene rings is 1. The van der Waals surface area contributed by atoms with E-state index in [9.17, 15) is 4.79 Å². The van der Waals surface area contributed by atoms with Gasteiger partial charge in [-0.15, -0.1) is 0 Å². The lowest BCUT2D eigenvalue weighted by Crippen LogP contribution is -2.46. The Morgan fingerprint density at radius 2 is 1.95 bits per heavy atom. The van der Waals surface area contributed by atoms with Crippen molar-refractivity contribution in [2.45, 2.75) is 31.6 Å². The van der Waals surface area contributed by atoms with Crippen LogP contribution in [-0.4, -0.2) is 32.8 Å². The molecule has 0 aliphatic carbocycles. The molecule has 1 fully saturated rings. The van der Waals surface area contributed by atoms with Gasteiger partial charge in [-0.2, -0.15) is 0 Å². The van der Waals surface area contributed by atoms with Crippen molar-refractivity contribution in [3.63, 3.8) is 0 Å². The Hall–Kier alpha value is -1.39. The number of rotatable bonds is 5. The van der Waals surface area contributed by atoms with Crippen LogP contribution >= 0.6 is 0 Å². The first-order chi connectivity index (χ1) is 10.1. The summed E-state index contributed by atoms with van der Waals surface area (Å²) >= 11 is 0. The van der Waals surface area contributed by atoms with Crippen molar-refractivity contribution in [2.24, 2.45) is 11.7 Å². The van der Waals surface area contributed by atoms with Crippen LogP contribution in [0.15, 0.2) is 24.3 Å². The lowest BCUT2D eigenvalue weighted by atomic mass is 9.72. The molecule has 21 heavy (non-hydrogen) atoms. The minimum absolute atomic E-state index is 0.236. The Kier molecular flexibility index (Phi) is 5.37. The number of nitrogens with two attached hydrogens (primary N) is 1. The number of aryl methyl sites for hydroxylation is 1.